The summed E-state index contributed by atoms with van der Waals surface area (Å²) in [4.78, 5) is 15.3. The molecule has 4 aromatic rings. The molecule has 43 heavy (non-hydrogen) atoms. The van der Waals surface area contributed by atoms with Crippen LogP contribution < -0.4 is 9.64 Å². The first kappa shape index (κ1) is 28.8. The largest absolute Gasteiger partial charge is 0.497 e. The number of para-hydroxylation sites is 1. The molecule has 0 saturated heterocycles. The molecular weight excluding hydrogens is 530 g/mol. The zero-order valence-electron chi connectivity index (χ0n) is 25.7. The lowest BCUT2D eigenvalue weighted by Crippen LogP contribution is -2.52. The molecule has 4 heteroatoms. The number of ether oxygens (including phenoxy) is 2. The predicted octanol–water partition coefficient (Wildman–Crippen LogP) is 9.52. The highest BCUT2D eigenvalue weighted by molar-refractivity contribution is 5.80. The van der Waals surface area contributed by atoms with Crippen molar-refractivity contribution < 1.29 is 14.3 Å². The number of fused-ring (bicyclic) bond motifs is 3. The number of aryl methyl sites for hydroxylation is 1. The lowest BCUT2D eigenvalue weighted by atomic mass is 9.50. The first-order valence-electron chi connectivity index (χ1n) is 15.3. The molecule has 220 valence electrons. The number of anilines is 3. The van der Waals surface area contributed by atoms with Crippen molar-refractivity contribution in [1.82, 2.24) is 0 Å². The zero-order chi connectivity index (χ0) is 30.0. The van der Waals surface area contributed by atoms with Crippen molar-refractivity contribution in [3.63, 3.8) is 0 Å². The molecule has 1 fully saturated rings. The van der Waals surface area contributed by atoms with Gasteiger partial charge in [-0.3, -0.25) is 4.79 Å². The minimum Gasteiger partial charge on any atom is -0.497 e. The van der Waals surface area contributed by atoms with Crippen LogP contribution in [0, 0.1) is 11.3 Å². The van der Waals surface area contributed by atoms with E-state index in [4.69, 9.17) is 9.47 Å². The molecule has 4 aromatic carbocycles. The Morgan fingerprint density at radius 3 is 2.07 bits per heavy atom. The Kier molecular flexibility index (Phi) is 7.87. The Bertz CT molecular complexity index is 1610. The molecule has 0 radical (unpaired) electrons. The van der Waals surface area contributed by atoms with Gasteiger partial charge in [-0.1, -0.05) is 74.0 Å². The van der Waals surface area contributed by atoms with Crippen molar-refractivity contribution >= 4 is 35.2 Å². The van der Waals surface area contributed by atoms with Gasteiger partial charge in [0, 0.05) is 17.1 Å². The summed E-state index contributed by atoms with van der Waals surface area (Å²) in [6, 6.07) is 34.4. The molecule has 0 amide bonds. The number of rotatable bonds is 7. The lowest BCUT2D eigenvalue weighted by Gasteiger charge is -2.54. The Morgan fingerprint density at radius 2 is 1.42 bits per heavy atom. The molecule has 4 nitrogen and oxygen atoms in total. The fourth-order valence-electron chi connectivity index (χ4n) is 7.76. The van der Waals surface area contributed by atoms with Gasteiger partial charge in [0.1, 0.15) is 5.75 Å². The highest BCUT2D eigenvalue weighted by Crippen LogP contribution is 2.58. The van der Waals surface area contributed by atoms with Gasteiger partial charge >= 0.3 is 5.97 Å². The topological polar surface area (TPSA) is 38.8 Å². The van der Waals surface area contributed by atoms with Gasteiger partial charge < -0.3 is 14.4 Å². The minimum absolute atomic E-state index is 0.0389. The maximum Gasteiger partial charge on any atom is 0.311 e. The van der Waals surface area contributed by atoms with Gasteiger partial charge in [0.15, 0.2) is 0 Å². The maximum atomic E-state index is 13.0. The SMILES string of the molecule is COC(=O)[C@]1(C)CCC[C@]2(C)c3ccc(N(c4ccccc4)c4ccc(/C=C/c5ccc(OC)cc5)cc4)cc3CC[C@@H]12. The molecule has 6 rings (SSSR count). The summed E-state index contributed by atoms with van der Waals surface area (Å²) >= 11 is 0. The molecule has 0 aromatic heterocycles. The fourth-order valence-corrected chi connectivity index (χ4v) is 7.76. The number of esters is 1. The van der Waals surface area contributed by atoms with Gasteiger partial charge in [-0.05, 0) is 115 Å². The third-order valence-corrected chi connectivity index (χ3v) is 10.00. The van der Waals surface area contributed by atoms with Crippen molar-refractivity contribution in [2.45, 2.75) is 51.4 Å². The van der Waals surface area contributed by atoms with Crippen LogP contribution in [-0.2, 0) is 21.4 Å². The van der Waals surface area contributed by atoms with Gasteiger partial charge in [0.2, 0.25) is 0 Å². The molecule has 0 unspecified atom stereocenters. The van der Waals surface area contributed by atoms with E-state index in [2.05, 4.69) is 116 Å². The van der Waals surface area contributed by atoms with Gasteiger partial charge in [-0.2, -0.15) is 0 Å². The second kappa shape index (κ2) is 11.8. The summed E-state index contributed by atoms with van der Waals surface area (Å²) in [5, 5.41) is 0. The van der Waals surface area contributed by atoms with E-state index in [-0.39, 0.29) is 17.3 Å². The number of carbonyl (C=O) groups excluding carboxylic acids is 1. The van der Waals surface area contributed by atoms with E-state index in [9.17, 15) is 4.79 Å². The number of benzene rings is 4. The Hall–Kier alpha value is -4.31. The van der Waals surface area contributed by atoms with Crippen molar-refractivity contribution in [3.05, 3.63) is 119 Å². The van der Waals surface area contributed by atoms with E-state index >= 15 is 0 Å². The summed E-state index contributed by atoms with van der Waals surface area (Å²) in [6.45, 7) is 4.51. The van der Waals surface area contributed by atoms with E-state index in [1.165, 1.54) is 18.2 Å². The average molecular weight is 572 g/mol. The van der Waals surface area contributed by atoms with Crippen LogP contribution >= 0.6 is 0 Å². The minimum atomic E-state index is -0.433. The van der Waals surface area contributed by atoms with Gasteiger partial charge in [0.25, 0.3) is 0 Å². The molecule has 2 aliphatic rings. The van der Waals surface area contributed by atoms with Crippen molar-refractivity contribution in [3.8, 4) is 5.75 Å². The quantitative estimate of drug-likeness (QED) is 0.164. The van der Waals surface area contributed by atoms with E-state index in [1.54, 1.807) is 7.11 Å². The predicted molar refractivity (Wildman–Crippen MR) is 176 cm³/mol. The molecule has 0 aliphatic heterocycles. The van der Waals surface area contributed by atoms with Gasteiger partial charge in [0.05, 0.1) is 19.6 Å². The first-order chi connectivity index (χ1) is 20.9. The Labute approximate surface area is 256 Å². The third-order valence-electron chi connectivity index (χ3n) is 10.00. The summed E-state index contributed by atoms with van der Waals surface area (Å²) in [5.74, 6) is 1.08. The van der Waals surface area contributed by atoms with Crippen LogP contribution in [0.5, 0.6) is 5.75 Å². The van der Waals surface area contributed by atoms with Crippen molar-refractivity contribution in [2.75, 3.05) is 19.1 Å². The third kappa shape index (κ3) is 5.35. The molecule has 0 spiro atoms. The second-order valence-electron chi connectivity index (χ2n) is 12.5. The van der Waals surface area contributed by atoms with Crippen molar-refractivity contribution in [2.24, 2.45) is 11.3 Å². The molecule has 1 saturated carbocycles. The van der Waals surface area contributed by atoms with Gasteiger partial charge in [-0.25, -0.2) is 0 Å². The maximum absolute atomic E-state index is 13.0. The van der Waals surface area contributed by atoms with Crippen LogP contribution in [-0.4, -0.2) is 20.2 Å². The molecule has 2 aliphatic carbocycles. The number of hydrogen-bond donors (Lipinski definition) is 0. The lowest BCUT2D eigenvalue weighted by molar-refractivity contribution is -0.161. The van der Waals surface area contributed by atoms with Crippen LogP contribution in [0.4, 0.5) is 17.1 Å². The summed E-state index contributed by atoms with van der Waals surface area (Å²) in [6.07, 6.45) is 9.27. The fraction of sp³-hybridized carbons (Fsp3) is 0.308. The summed E-state index contributed by atoms with van der Waals surface area (Å²) < 4.78 is 10.6. The van der Waals surface area contributed by atoms with Crippen molar-refractivity contribution in [1.29, 1.82) is 0 Å². The monoisotopic (exact) mass is 571 g/mol. The van der Waals surface area contributed by atoms with E-state index in [0.29, 0.717) is 0 Å². The van der Waals surface area contributed by atoms with E-state index in [1.807, 2.05) is 12.1 Å². The first-order valence-corrected chi connectivity index (χ1v) is 15.3. The standard InChI is InChI=1S/C39H41NO3/c1-38-25-8-26-39(2,37(41)43-4)36(38)24-17-30-27-33(20-23-35(30)38)40(31-9-6-5-7-10-31)32-18-13-28(14-19-32)11-12-29-15-21-34(42-3)22-16-29/h5-7,9-16,18-23,27,36H,8,17,24-26H2,1-4H3/b12-11+/t36-,38-,39-/m1/s1. The number of hydrogen-bond acceptors (Lipinski definition) is 4. The molecule has 0 heterocycles. The van der Waals surface area contributed by atoms with Crippen LogP contribution in [0.1, 0.15) is 61.8 Å². The van der Waals surface area contributed by atoms with Crippen LogP contribution in [0.15, 0.2) is 97.1 Å². The molecule has 3 atom stereocenters. The summed E-state index contributed by atoms with van der Waals surface area (Å²) in [5.41, 5.74) is 7.98. The Morgan fingerprint density at radius 1 is 0.791 bits per heavy atom. The van der Waals surface area contributed by atoms with E-state index < -0.39 is 5.41 Å². The Balaban J connectivity index is 1.32. The second-order valence-corrected chi connectivity index (χ2v) is 12.5. The van der Waals surface area contributed by atoms with Crippen LogP contribution in [0.3, 0.4) is 0 Å². The highest BCUT2D eigenvalue weighted by atomic mass is 16.5. The molecule has 0 N–H and O–H groups in total. The molecular formula is C39H41NO3. The van der Waals surface area contributed by atoms with Crippen LogP contribution in [0.25, 0.3) is 12.2 Å². The van der Waals surface area contributed by atoms with Gasteiger partial charge in [-0.15, -0.1) is 0 Å². The smallest absolute Gasteiger partial charge is 0.311 e. The molecule has 0 bridgehead atoms. The zero-order valence-corrected chi connectivity index (χ0v) is 25.7. The number of nitrogens with zero attached hydrogens (tertiary/aromatic N) is 1. The van der Waals surface area contributed by atoms with E-state index in [0.717, 1.165) is 66.0 Å². The normalized spacial score (nSPS) is 22.8. The number of methoxy groups -OCH3 is 2. The highest BCUT2D eigenvalue weighted by Gasteiger charge is 2.55. The average Bonchev–Trinajstić information content (AvgIpc) is 3.04. The summed E-state index contributed by atoms with van der Waals surface area (Å²) in [7, 11) is 3.22. The van der Waals surface area contributed by atoms with Crippen LogP contribution in [0.2, 0.25) is 0 Å². The number of carbonyl (C=O) groups is 1.